The van der Waals surface area contributed by atoms with Gasteiger partial charge in [-0.1, -0.05) is 5.16 Å². The smallest absolute Gasteiger partial charge is 0.276 e. The molecule has 1 aliphatic carbocycles. The normalized spacial score (nSPS) is 20.9. The highest BCUT2D eigenvalue weighted by atomic mass is 16.5. The van der Waals surface area contributed by atoms with E-state index in [4.69, 9.17) is 4.52 Å². The van der Waals surface area contributed by atoms with E-state index < -0.39 is 0 Å². The molecule has 4 rings (SSSR count). The third-order valence-corrected chi connectivity index (χ3v) is 4.95. The third-order valence-electron chi connectivity index (χ3n) is 4.95. The zero-order valence-electron chi connectivity index (χ0n) is 13.9. The highest BCUT2D eigenvalue weighted by molar-refractivity contribution is 5.92. The maximum atomic E-state index is 12.7. The van der Waals surface area contributed by atoms with Gasteiger partial charge in [-0.05, 0) is 43.4 Å². The fraction of sp³-hybridized carbons (Fsp3) is 0.500. The molecular weight excluding hydrogens is 304 g/mol. The molecule has 3 heterocycles. The topological polar surface area (TPSA) is 71.3 Å². The lowest BCUT2D eigenvalue weighted by atomic mass is 9.91. The molecule has 0 bridgehead atoms. The third kappa shape index (κ3) is 3.00. The molecule has 1 N–H and O–H groups in total. The molecule has 2 aromatic rings. The molecule has 0 aromatic carbocycles. The van der Waals surface area contributed by atoms with E-state index in [1.165, 1.54) is 5.56 Å². The quantitative estimate of drug-likeness (QED) is 0.935. The van der Waals surface area contributed by atoms with Gasteiger partial charge in [-0.15, -0.1) is 0 Å². The highest BCUT2D eigenvalue weighted by Crippen LogP contribution is 2.40. The first-order valence-corrected chi connectivity index (χ1v) is 8.64. The van der Waals surface area contributed by atoms with Crippen LogP contribution in [0.3, 0.4) is 0 Å². The molecule has 1 amide bonds. The summed E-state index contributed by atoms with van der Waals surface area (Å²) in [6, 6.07) is 5.94. The predicted molar refractivity (Wildman–Crippen MR) is 90.1 cm³/mol. The number of likely N-dealkylation sites (tertiary alicyclic amines) is 1. The van der Waals surface area contributed by atoms with Gasteiger partial charge >= 0.3 is 0 Å². The van der Waals surface area contributed by atoms with Gasteiger partial charge in [-0.2, -0.15) is 0 Å². The average molecular weight is 326 g/mol. The van der Waals surface area contributed by atoms with Crippen molar-refractivity contribution >= 4 is 11.7 Å². The van der Waals surface area contributed by atoms with Crippen LogP contribution < -0.4 is 5.32 Å². The first-order chi connectivity index (χ1) is 11.7. The van der Waals surface area contributed by atoms with Gasteiger partial charge in [0, 0.05) is 44.2 Å². The van der Waals surface area contributed by atoms with Gasteiger partial charge in [-0.25, -0.2) is 4.98 Å². The van der Waals surface area contributed by atoms with E-state index >= 15 is 0 Å². The predicted octanol–water partition coefficient (Wildman–Crippen LogP) is 3.01. The van der Waals surface area contributed by atoms with E-state index in [1.54, 1.807) is 0 Å². The number of rotatable bonds is 4. The number of nitrogens with zero attached hydrogens (tertiary/aromatic N) is 3. The first-order valence-electron chi connectivity index (χ1n) is 8.64. The number of nitrogens with one attached hydrogen (secondary N) is 1. The van der Waals surface area contributed by atoms with Crippen LogP contribution in [0.15, 0.2) is 28.9 Å². The lowest BCUT2D eigenvalue weighted by Gasteiger charge is -2.32. The van der Waals surface area contributed by atoms with Crippen molar-refractivity contribution in [1.82, 2.24) is 15.0 Å². The van der Waals surface area contributed by atoms with Gasteiger partial charge in [0.1, 0.15) is 11.6 Å². The van der Waals surface area contributed by atoms with E-state index in [0.29, 0.717) is 17.5 Å². The summed E-state index contributed by atoms with van der Waals surface area (Å²) in [6.07, 6.45) is 6.19. The average Bonchev–Trinajstić information content (AvgIpc) is 3.38. The van der Waals surface area contributed by atoms with Crippen molar-refractivity contribution in [1.29, 1.82) is 0 Å². The molecule has 0 radical (unpaired) electrons. The summed E-state index contributed by atoms with van der Waals surface area (Å²) in [5.74, 6) is 2.53. The summed E-state index contributed by atoms with van der Waals surface area (Å²) < 4.78 is 5.33. The van der Waals surface area contributed by atoms with Crippen LogP contribution in [-0.2, 0) is 0 Å². The number of amides is 1. The minimum Gasteiger partial charge on any atom is -0.373 e. The Kier molecular flexibility index (Phi) is 3.96. The summed E-state index contributed by atoms with van der Waals surface area (Å²) in [7, 11) is 1.87. The number of aromatic nitrogens is 2. The Balaban J connectivity index is 1.48. The molecule has 2 aromatic heterocycles. The van der Waals surface area contributed by atoms with Crippen LogP contribution in [0, 0.1) is 0 Å². The molecule has 2 fully saturated rings. The lowest BCUT2D eigenvalue weighted by molar-refractivity contribution is 0.0696. The Morgan fingerprint density at radius 1 is 1.29 bits per heavy atom. The molecule has 1 saturated heterocycles. The summed E-state index contributed by atoms with van der Waals surface area (Å²) in [5.41, 5.74) is 1.67. The van der Waals surface area contributed by atoms with Gasteiger partial charge < -0.3 is 14.7 Å². The van der Waals surface area contributed by atoms with E-state index in [2.05, 4.69) is 21.5 Å². The van der Waals surface area contributed by atoms with Gasteiger partial charge in [0.2, 0.25) is 0 Å². The Morgan fingerprint density at radius 2 is 2.17 bits per heavy atom. The maximum absolute atomic E-state index is 12.7. The fourth-order valence-corrected chi connectivity index (χ4v) is 3.38. The van der Waals surface area contributed by atoms with Crippen LogP contribution in [0.4, 0.5) is 5.82 Å². The monoisotopic (exact) mass is 326 g/mol. The molecule has 24 heavy (non-hydrogen) atoms. The zero-order chi connectivity index (χ0) is 16.5. The second kappa shape index (κ2) is 6.26. The Hall–Kier alpha value is -2.37. The maximum Gasteiger partial charge on any atom is 0.276 e. The Bertz CT molecular complexity index is 738. The van der Waals surface area contributed by atoms with Crippen LogP contribution in [0.2, 0.25) is 0 Å². The van der Waals surface area contributed by atoms with E-state index in [0.717, 1.165) is 50.4 Å². The van der Waals surface area contributed by atoms with Crippen molar-refractivity contribution in [3.8, 4) is 0 Å². The number of hydrogen-bond acceptors (Lipinski definition) is 5. The number of anilines is 1. The zero-order valence-corrected chi connectivity index (χ0v) is 13.9. The number of carbonyl (C=O) groups is 1. The van der Waals surface area contributed by atoms with E-state index in [1.807, 2.05) is 30.3 Å². The summed E-state index contributed by atoms with van der Waals surface area (Å²) in [4.78, 5) is 18.9. The van der Waals surface area contributed by atoms with Crippen molar-refractivity contribution in [2.45, 2.75) is 37.5 Å². The molecular formula is C18H22N4O2. The van der Waals surface area contributed by atoms with Crippen molar-refractivity contribution in [3.63, 3.8) is 0 Å². The van der Waals surface area contributed by atoms with Crippen LogP contribution in [0.1, 0.15) is 59.3 Å². The molecule has 0 unspecified atom stereocenters. The molecule has 2 aliphatic rings. The standard InChI is InChI=1S/C18H22N4O2/c1-19-17-9-13(6-7-20-17)14-3-2-8-22(11-14)18(23)15-10-16(24-21-15)12-4-5-12/h6-7,9-10,12,14H,2-5,8,11H2,1H3,(H,19,20)/t14-/m0/s1. The van der Waals surface area contributed by atoms with Gasteiger partial charge in [0.15, 0.2) is 5.69 Å². The Morgan fingerprint density at radius 3 is 2.96 bits per heavy atom. The molecule has 6 heteroatoms. The van der Waals surface area contributed by atoms with Crippen LogP contribution >= 0.6 is 0 Å². The van der Waals surface area contributed by atoms with Crippen molar-refractivity contribution < 1.29 is 9.32 Å². The molecule has 6 nitrogen and oxygen atoms in total. The minimum absolute atomic E-state index is 0.0155. The van der Waals surface area contributed by atoms with Gasteiger partial charge in [0.25, 0.3) is 5.91 Å². The van der Waals surface area contributed by atoms with Crippen molar-refractivity contribution in [3.05, 3.63) is 41.4 Å². The number of piperidine rings is 1. The largest absolute Gasteiger partial charge is 0.373 e. The van der Waals surface area contributed by atoms with Gasteiger partial charge in [0.05, 0.1) is 0 Å². The first kappa shape index (κ1) is 15.2. The molecule has 126 valence electrons. The second-order valence-electron chi connectivity index (χ2n) is 6.70. The van der Waals surface area contributed by atoms with E-state index in [-0.39, 0.29) is 5.91 Å². The number of pyridine rings is 1. The second-order valence-corrected chi connectivity index (χ2v) is 6.70. The van der Waals surface area contributed by atoms with Crippen LogP contribution in [-0.4, -0.2) is 41.1 Å². The van der Waals surface area contributed by atoms with Crippen LogP contribution in [0.25, 0.3) is 0 Å². The number of carbonyl (C=O) groups excluding carboxylic acids is 1. The molecule has 0 spiro atoms. The molecule has 1 saturated carbocycles. The van der Waals surface area contributed by atoms with Crippen molar-refractivity contribution in [2.24, 2.45) is 0 Å². The summed E-state index contributed by atoms with van der Waals surface area (Å²) in [5, 5.41) is 7.06. The Labute approximate surface area is 141 Å². The fourth-order valence-electron chi connectivity index (χ4n) is 3.38. The SMILES string of the molecule is CNc1cc([C@H]2CCCN(C(=O)c3cc(C4CC4)on3)C2)ccn1. The summed E-state index contributed by atoms with van der Waals surface area (Å²) >= 11 is 0. The highest BCUT2D eigenvalue weighted by Gasteiger charge is 2.31. The summed E-state index contributed by atoms with van der Waals surface area (Å²) in [6.45, 7) is 1.50. The minimum atomic E-state index is -0.0155. The number of hydrogen-bond donors (Lipinski definition) is 1. The van der Waals surface area contributed by atoms with Gasteiger partial charge in [-0.3, -0.25) is 4.79 Å². The molecule has 1 atom stereocenters. The lowest BCUT2D eigenvalue weighted by Crippen LogP contribution is -2.39. The van der Waals surface area contributed by atoms with E-state index in [9.17, 15) is 4.79 Å². The van der Waals surface area contributed by atoms with Crippen molar-refractivity contribution in [2.75, 3.05) is 25.5 Å². The van der Waals surface area contributed by atoms with Crippen LogP contribution in [0.5, 0.6) is 0 Å². The molecule has 1 aliphatic heterocycles.